The van der Waals surface area contributed by atoms with Crippen LogP contribution in [-0.4, -0.2) is 187 Å². The Balaban J connectivity index is 0.871. The predicted octanol–water partition coefficient (Wildman–Crippen LogP) is 2.32. The van der Waals surface area contributed by atoms with Crippen molar-refractivity contribution in [2.24, 2.45) is 0 Å². The number of anilines is 2. The van der Waals surface area contributed by atoms with E-state index in [1.807, 2.05) is 17.0 Å². The van der Waals surface area contributed by atoms with Crippen LogP contribution in [0.5, 0.6) is 0 Å². The van der Waals surface area contributed by atoms with Crippen LogP contribution < -0.4 is 21.9 Å². The summed E-state index contributed by atoms with van der Waals surface area (Å²) < 4.78 is 16.8. The van der Waals surface area contributed by atoms with E-state index in [0.717, 1.165) is 0 Å². The summed E-state index contributed by atoms with van der Waals surface area (Å²) in [5.41, 5.74) is 7.87. The van der Waals surface area contributed by atoms with Crippen molar-refractivity contribution in [3.05, 3.63) is 81.7 Å². The maximum atomic E-state index is 12.9. The predicted molar refractivity (Wildman–Crippen MR) is 280 cm³/mol. The largest absolute Gasteiger partial charge is 0.480 e. The van der Waals surface area contributed by atoms with Gasteiger partial charge in [-0.1, -0.05) is 6.07 Å². The van der Waals surface area contributed by atoms with Gasteiger partial charge in [-0.05, 0) is 81.8 Å². The second-order valence-electron chi connectivity index (χ2n) is 18.7. The standard InChI is InChI=1S/C52H71N11O14/c1-35(64)31-62-20-19-61(34-45(67)68)21-22-63(33-39-8-6-7-38(32-62)56-39)44(51(73)74)18-16-42(66)10-3-5-24-76-26-28-77-27-25-75-23-4-2-9-41(65)15-17-43(50(71)72)58-48(69)36-11-13-37(14-12-36)54-29-40-30-55-47-46(57-40)49(70)60-52(53)59-47/h6-8,11-14,30,43-44,54H,2-5,9-10,15-29,31-34H2,1H3,(H,58,69)(H,67,68)(H,71,72)(H,73,74)(H3,53,55,59,60,70)/t43-,44?/m0/s1. The Kier molecular flexibility index (Phi) is 25.6. The van der Waals surface area contributed by atoms with Crippen molar-refractivity contribution in [2.45, 2.75) is 103 Å². The van der Waals surface area contributed by atoms with E-state index in [0.29, 0.717) is 108 Å². The molecule has 418 valence electrons. The first-order chi connectivity index (χ1) is 37.0. The third kappa shape index (κ3) is 22.5. The van der Waals surface area contributed by atoms with Crippen molar-refractivity contribution >= 4 is 64.0 Å². The first-order valence-electron chi connectivity index (χ1n) is 25.8. The van der Waals surface area contributed by atoms with Gasteiger partial charge in [-0.2, -0.15) is 4.98 Å². The highest BCUT2D eigenvalue weighted by Gasteiger charge is 2.29. The van der Waals surface area contributed by atoms with E-state index < -0.39 is 41.5 Å². The molecule has 25 heteroatoms. The molecular formula is C52H71N11O14. The average molecular weight is 1070 g/mol. The maximum absolute atomic E-state index is 12.9. The number of aromatic nitrogens is 5. The number of nitrogens with zero attached hydrogens (tertiary/aromatic N) is 7. The van der Waals surface area contributed by atoms with Crippen LogP contribution in [0.3, 0.4) is 0 Å². The van der Waals surface area contributed by atoms with Crippen molar-refractivity contribution in [2.75, 3.05) is 90.0 Å². The van der Waals surface area contributed by atoms with Gasteiger partial charge in [0.1, 0.15) is 29.4 Å². The highest BCUT2D eigenvalue weighted by molar-refractivity contribution is 5.97. The minimum atomic E-state index is -1.26. The molecule has 0 saturated heterocycles. The quantitative estimate of drug-likeness (QED) is 0.0330. The monoisotopic (exact) mass is 1070 g/mol. The SMILES string of the molecule is CC(=O)CN1CCN(CC(=O)O)CCN(C(CCC(=O)CCCCOCCOCCOCCCCC(=O)CC[C@H](NC(=O)c2ccc(NCc3cnc4nc(N)[nH]c(=O)c4n3)cc2)C(=O)O)C(=O)O)Cc2cccc(n2)C1. The van der Waals surface area contributed by atoms with E-state index >= 15 is 0 Å². The molecule has 25 nitrogen and oxygen atoms in total. The van der Waals surface area contributed by atoms with E-state index in [4.69, 9.17) is 24.9 Å². The van der Waals surface area contributed by atoms with Crippen molar-refractivity contribution in [3.63, 3.8) is 0 Å². The molecule has 0 radical (unpaired) electrons. The number of aliphatic carboxylic acids is 3. The molecule has 3 aromatic heterocycles. The third-order valence-corrected chi connectivity index (χ3v) is 12.4. The van der Waals surface area contributed by atoms with Crippen molar-refractivity contribution in [1.29, 1.82) is 0 Å². The molecule has 5 rings (SSSR count). The van der Waals surface area contributed by atoms with Crippen molar-refractivity contribution < 1.29 is 63.1 Å². The first kappa shape index (κ1) is 60.7. The van der Waals surface area contributed by atoms with Gasteiger partial charge in [-0.3, -0.25) is 58.2 Å². The van der Waals surface area contributed by atoms with Gasteiger partial charge in [0.25, 0.3) is 11.5 Å². The molecule has 1 aromatic carbocycles. The molecule has 77 heavy (non-hydrogen) atoms. The first-order valence-corrected chi connectivity index (χ1v) is 25.8. The summed E-state index contributed by atoms with van der Waals surface area (Å²) in [4.78, 5) is 123. The fourth-order valence-electron chi connectivity index (χ4n) is 8.43. The highest BCUT2D eigenvalue weighted by atomic mass is 16.5. The van der Waals surface area contributed by atoms with Gasteiger partial charge in [0.15, 0.2) is 11.2 Å². The molecule has 0 aliphatic carbocycles. The molecule has 1 aliphatic heterocycles. The lowest BCUT2D eigenvalue weighted by Crippen LogP contribution is -2.47. The molecule has 2 bridgehead atoms. The summed E-state index contributed by atoms with van der Waals surface area (Å²) in [6.45, 7) is 5.78. The molecular weight excluding hydrogens is 1000 g/mol. The minimum absolute atomic E-state index is 0.0162. The average Bonchev–Trinajstić information content (AvgIpc) is 3.38. The number of carbonyl (C=O) groups is 7. The minimum Gasteiger partial charge on any atom is -0.480 e. The van der Waals surface area contributed by atoms with Crippen LogP contribution in [-0.2, 0) is 62.6 Å². The van der Waals surface area contributed by atoms with Gasteiger partial charge >= 0.3 is 17.9 Å². The summed E-state index contributed by atoms with van der Waals surface area (Å²) in [5, 5.41) is 35.2. The fourth-order valence-corrected chi connectivity index (χ4v) is 8.43. The number of nitrogen functional groups attached to an aromatic ring is 1. The number of hydrogen-bond acceptors (Lipinski definition) is 20. The van der Waals surface area contributed by atoms with Crippen LogP contribution in [0.1, 0.15) is 98.6 Å². The second kappa shape index (κ2) is 32.4. The molecule has 0 fully saturated rings. The lowest BCUT2D eigenvalue weighted by Gasteiger charge is -2.33. The van der Waals surface area contributed by atoms with Gasteiger partial charge < -0.3 is 45.9 Å². The number of Topliss-reactive ketones (excluding diaryl/α,β-unsaturated/α-hetero) is 3. The number of unbranched alkanes of at least 4 members (excludes halogenated alkanes) is 2. The van der Waals surface area contributed by atoms with Crippen LogP contribution in [0.2, 0.25) is 0 Å². The number of carbonyl (C=O) groups excluding carboxylic acids is 4. The number of H-pyrrole nitrogens is 1. The van der Waals surface area contributed by atoms with Gasteiger partial charge in [0.2, 0.25) is 5.95 Å². The number of hydrogen-bond donors (Lipinski definition) is 7. The number of benzene rings is 1. The van der Waals surface area contributed by atoms with E-state index in [2.05, 4.69) is 30.6 Å². The molecule has 4 aromatic rings. The normalized spacial score (nSPS) is 14.5. The zero-order chi connectivity index (χ0) is 55.5. The molecule has 1 unspecified atom stereocenters. The highest BCUT2D eigenvalue weighted by Crippen LogP contribution is 2.17. The Morgan fingerprint density at radius 1 is 0.701 bits per heavy atom. The molecule has 0 saturated carbocycles. The van der Waals surface area contributed by atoms with E-state index in [1.165, 1.54) is 25.3 Å². The van der Waals surface area contributed by atoms with Gasteiger partial charge in [0.05, 0.1) is 69.3 Å². The van der Waals surface area contributed by atoms with Crippen molar-refractivity contribution in [3.8, 4) is 0 Å². The van der Waals surface area contributed by atoms with Crippen LogP contribution >= 0.6 is 0 Å². The van der Waals surface area contributed by atoms with Crippen molar-refractivity contribution in [1.82, 2.24) is 44.9 Å². The number of nitrogens with two attached hydrogens (primary N) is 1. The number of pyridine rings is 1. The summed E-state index contributed by atoms with van der Waals surface area (Å²) in [7, 11) is 0. The summed E-state index contributed by atoms with van der Waals surface area (Å²) in [6.07, 6.45) is 4.45. The maximum Gasteiger partial charge on any atom is 0.326 e. The number of fused-ring (bicyclic) bond motifs is 3. The van der Waals surface area contributed by atoms with Crippen LogP contribution in [0, 0.1) is 0 Å². The fraction of sp³-hybridized carbons (Fsp3) is 0.538. The third-order valence-electron chi connectivity index (χ3n) is 12.4. The number of amides is 1. The van der Waals surface area contributed by atoms with E-state index in [1.54, 1.807) is 28.0 Å². The summed E-state index contributed by atoms with van der Waals surface area (Å²) in [5.74, 6) is -4.20. The smallest absolute Gasteiger partial charge is 0.326 e. The number of aromatic amines is 1. The zero-order valence-electron chi connectivity index (χ0n) is 43.5. The second-order valence-corrected chi connectivity index (χ2v) is 18.7. The Morgan fingerprint density at radius 2 is 1.31 bits per heavy atom. The number of nitrogens with one attached hydrogen (secondary N) is 3. The molecule has 0 spiro atoms. The lowest BCUT2D eigenvalue weighted by atomic mass is 10.0. The van der Waals surface area contributed by atoms with Gasteiger partial charge in [-0.15, -0.1) is 0 Å². The van der Waals surface area contributed by atoms with Gasteiger partial charge in [0, 0.05) is 89.4 Å². The molecule has 2 atom stereocenters. The summed E-state index contributed by atoms with van der Waals surface area (Å²) in [6, 6.07) is 9.54. The topological polar surface area (TPSA) is 352 Å². The Labute approximate surface area is 445 Å². The molecule has 1 aliphatic rings. The number of ether oxygens (including phenoxy) is 3. The number of ketones is 3. The zero-order valence-corrected chi connectivity index (χ0v) is 43.5. The van der Waals surface area contributed by atoms with Gasteiger partial charge in [-0.25, -0.2) is 14.8 Å². The Morgan fingerprint density at radius 3 is 1.94 bits per heavy atom. The Bertz CT molecular complexity index is 2650. The van der Waals surface area contributed by atoms with Crippen LogP contribution in [0.4, 0.5) is 11.6 Å². The number of carboxylic acid groups (broad SMARTS) is 3. The number of carboxylic acids is 3. The van der Waals surface area contributed by atoms with E-state index in [-0.39, 0.29) is 118 Å². The Hall–Kier alpha value is -7.16. The summed E-state index contributed by atoms with van der Waals surface area (Å²) >= 11 is 0. The lowest BCUT2D eigenvalue weighted by molar-refractivity contribution is -0.145. The van der Waals surface area contributed by atoms with Crippen LogP contribution in [0.15, 0.2) is 53.5 Å². The molecule has 4 heterocycles. The van der Waals surface area contributed by atoms with E-state index in [9.17, 15) is 53.7 Å². The number of rotatable bonds is 34. The van der Waals surface area contributed by atoms with Crippen LogP contribution in [0.25, 0.3) is 11.2 Å². The molecule has 1 amide bonds. The molecule has 8 N–H and O–H groups in total.